The van der Waals surface area contributed by atoms with E-state index in [4.69, 9.17) is 0 Å². The van der Waals surface area contributed by atoms with Gasteiger partial charge < -0.3 is 0 Å². The molecule has 0 spiro atoms. The second kappa shape index (κ2) is 5.77. The monoisotopic (exact) mass is 306 g/mol. The maximum absolute atomic E-state index is 3.75. The maximum Gasteiger partial charge on any atom is 0.00654 e. The number of hydrogen-bond acceptors (Lipinski definition) is 0. The first-order valence-electron chi connectivity index (χ1n) is 7.53. The highest BCUT2D eigenvalue weighted by Crippen LogP contribution is 2.34. The molecule has 3 rings (SSSR count). The van der Waals surface area contributed by atoms with E-state index in [0.29, 0.717) is 0 Å². The van der Waals surface area contributed by atoms with Crippen LogP contribution in [-0.4, -0.2) is 5.33 Å². The molecule has 0 bridgehead atoms. The molecule has 2 aliphatic carbocycles. The lowest BCUT2D eigenvalue weighted by Crippen LogP contribution is -2.16. The largest absolute Gasteiger partial charge is 0.0925 e. The van der Waals surface area contributed by atoms with Gasteiger partial charge in [-0.25, -0.2) is 0 Å². The van der Waals surface area contributed by atoms with Crippen molar-refractivity contribution in [2.24, 2.45) is 11.8 Å². The predicted molar refractivity (Wildman–Crippen MR) is 81.4 cm³/mol. The minimum Gasteiger partial charge on any atom is -0.0925 e. The molecule has 0 nitrogen and oxygen atoms in total. The van der Waals surface area contributed by atoms with Gasteiger partial charge in [-0.1, -0.05) is 59.8 Å². The van der Waals surface area contributed by atoms with Gasteiger partial charge >= 0.3 is 0 Å². The van der Waals surface area contributed by atoms with E-state index >= 15 is 0 Å². The zero-order chi connectivity index (χ0) is 12.4. The molecule has 0 aliphatic heterocycles. The Morgan fingerprint density at radius 1 is 1.06 bits per heavy atom. The molecule has 0 amide bonds. The van der Waals surface area contributed by atoms with Crippen molar-refractivity contribution in [1.29, 1.82) is 0 Å². The first-order chi connectivity index (χ1) is 8.86. The molecule has 2 aliphatic rings. The van der Waals surface area contributed by atoms with Crippen molar-refractivity contribution in [3.05, 3.63) is 34.9 Å². The molecule has 0 N–H and O–H groups in total. The highest BCUT2D eigenvalue weighted by atomic mass is 79.9. The third kappa shape index (κ3) is 2.66. The summed E-state index contributed by atoms with van der Waals surface area (Å²) in [4.78, 5) is 0. The Bertz CT molecular complexity index is 404. The smallest absolute Gasteiger partial charge is 0.00654 e. The summed E-state index contributed by atoms with van der Waals surface area (Å²) < 4.78 is 0. The van der Waals surface area contributed by atoms with Crippen LogP contribution >= 0.6 is 15.9 Å². The third-order valence-corrected chi connectivity index (χ3v) is 5.76. The third-order valence-electron chi connectivity index (χ3n) is 4.93. The molecular weight excluding hydrogens is 284 g/mol. The van der Waals surface area contributed by atoms with E-state index < -0.39 is 0 Å². The van der Waals surface area contributed by atoms with Gasteiger partial charge in [0.2, 0.25) is 0 Å². The highest BCUT2D eigenvalue weighted by molar-refractivity contribution is 9.09. The van der Waals surface area contributed by atoms with Crippen LogP contribution in [0.4, 0.5) is 0 Å². The van der Waals surface area contributed by atoms with E-state index in [-0.39, 0.29) is 0 Å². The lowest BCUT2D eigenvalue weighted by molar-refractivity contribution is 0.373. The normalized spacial score (nSPS) is 21.2. The van der Waals surface area contributed by atoms with Crippen molar-refractivity contribution >= 4 is 15.9 Å². The summed E-state index contributed by atoms with van der Waals surface area (Å²) in [6.07, 6.45) is 11.1. The zero-order valence-corrected chi connectivity index (χ0v) is 12.7. The Morgan fingerprint density at radius 3 is 2.61 bits per heavy atom. The Balaban J connectivity index is 1.70. The number of rotatable bonds is 4. The minimum atomic E-state index is 0.854. The Kier molecular flexibility index (Phi) is 4.08. The Labute approximate surface area is 119 Å². The van der Waals surface area contributed by atoms with Crippen LogP contribution in [0.1, 0.15) is 48.8 Å². The van der Waals surface area contributed by atoms with Crippen molar-refractivity contribution in [3.8, 4) is 0 Å². The Hall–Kier alpha value is -0.300. The molecule has 1 saturated carbocycles. The summed E-state index contributed by atoms with van der Waals surface area (Å²) in [6, 6.07) is 7.26. The van der Waals surface area contributed by atoms with Gasteiger partial charge in [-0.05, 0) is 54.2 Å². The summed E-state index contributed by atoms with van der Waals surface area (Å²) in [6.45, 7) is 0. The molecule has 1 fully saturated rings. The molecule has 0 saturated heterocycles. The van der Waals surface area contributed by atoms with E-state index in [1.54, 1.807) is 16.7 Å². The molecule has 0 radical (unpaired) electrons. The minimum absolute atomic E-state index is 0.854. The molecule has 1 aromatic rings. The van der Waals surface area contributed by atoms with Gasteiger partial charge in [0.1, 0.15) is 0 Å². The van der Waals surface area contributed by atoms with Gasteiger partial charge in [0.05, 0.1) is 0 Å². The second-order valence-electron chi connectivity index (χ2n) is 6.12. The van der Waals surface area contributed by atoms with E-state index in [1.807, 2.05) is 0 Å². The summed E-state index contributed by atoms with van der Waals surface area (Å²) in [5.74, 6) is 1.82. The summed E-state index contributed by atoms with van der Waals surface area (Å²) >= 11 is 3.75. The number of aryl methyl sites for hydroxylation is 2. The number of benzene rings is 1. The van der Waals surface area contributed by atoms with Gasteiger partial charge in [-0.3, -0.25) is 0 Å². The molecular formula is C17H23Br. The summed E-state index contributed by atoms with van der Waals surface area (Å²) in [5, 5.41) is 1.18. The van der Waals surface area contributed by atoms with Crippen LogP contribution < -0.4 is 0 Å². The van der Waals surface area contributed by atoms with Gasteiger partial charge in [-0.15, -0.1) is 0 Å². The average molecular weight is 307 g/mol. The van der Waals surface area contributed by atoms with Crippen molar-refractivity contribution in [1.82, 2.24) is 0 Å². The van der Waals surface area contributed by atoms with Crippen molar-refractivity contribution in [3.63, 3.8) is 0 Å². The van der Waals surface area contributed by atoms with Gasteiger partial charge in [0, 0.05) is 5.33 Å². The molecule has 1 atom stereocenters. The lowest BCUT2D eigenvalue weighted by Gasteiger charge is -2.21. The zero-order valence-electron chi connectivity index (χ0n) is 11.1. The fraction of sp³-hybridized carbons (Fsp3) is 0.647. The molecule has 98 valence electrons. The summed E-state index contributed by atoms with van der Waals surface area (Å²) in [5.41, 5.74) is 4.81. The quantitative estimate of drug-likeness (QED) is 0.693. The fourth-order valence-corrected chi connectivity index (χ4v) is 4.59. The van der Waals surface area contributed by atoms with Crippen LogP contribution in [0, 0.1) is 11.8 Å². The maximum atomic E-state index is 3.75. The first kappa shape index (κ1) is 12.7. The second-order valence-corrected chi connectivity index (χ2v) is 6.77. The highest BCUT2D eigenvalue weighted by Gasteiger charge is 2.24. The van der Waals surface area contributed by atoms with E-state index in [9.17, 15) is 0 Å². The summed E-state index contributed by atoms with van der Waals surface area (Å²) in [7, 11) is 0. The lowest BCUT2D eigenvalue weighted by atomic mass is 9.86. The Morgan fingerprint density at radius 2 is 1.83 bits per heavy atom. The molecule has 1 heteroatoms. The van der Waals surface area contributed by atoms with Gasteiger partial charge in [-0.2, -0.15) is 0 Å². The SMILES string of the molecule is BrCC(Cc1ccc2c(c1)CCC2)C1CCCC1. The fourth-order valence-electron chi connectivity index (χ4n) is 3.83. The van der Waals surface area contributed by atoms with Crippen LogP contribution in [0.15, 0.2) is 18.2 Å². The van der Waals surface area contributed by atoms with Crippen LogP contribution in [0.2, 0.25) is 0 Å². The van der Waals surface area contributed by atoms with Crippen LogP contribution in [0.25, 0.3) is 0 Å². The predicted octanol–water partition coefficient (Wildman–Crippen LogP) is 4.92. The van der Waals surface area contributed by atoms with E-state index in [0.717, 1.165) is 11.8 Å². The van der Waals surface area contributed by atoms with E-state index in [1.165, 1.54) is 56.7 Å². The molecule has 1 aromatic carbocycles. The first-order valence-corrected chi connectivity index (χ1v) is 8.65. The molecule has 0 heterocycles. The van der Waals surface area contributed by atoms with Gasteiger partial charge in [0.25, 0.3) is 0 Å². The number of halogens is 1. The molecule has 18 heavy (non-hydrogen) atoms. The average Bonchev–Trinajstić information content (AvgIpc) is 3.06. The van der Waals surface area contributed by atoms with Crippen LogP contribution in [-0.2, 0) is 19.3 Å². The standard InChI is InChI=1S/C17H23Br/c18-12-17(14-4-1-2-5-14)11-13-8-9-15-6-3-7-16(15)10-13/h8-10,14,17H,1-7,11-12H2. The van der Waals surface area contributed by atoms with Crippen LogP contribution in [0.5, 0.6) is 0 Å². The number of fused-ring (bicyclic) bond motifs is 1. The van der Waals surface area contributed by atoms with Crippen molar-refractivity contribution in [2.45, 2.75) is 51.4 Å². The van der Waals surface area contributed by atoms with Gasteiger partial charge in [0.15, 0.2) is 0 Å². The van der Waals surface area contributed by atoms with E-state index in [2.05, 4.69) is 34.1 Å². The number of alkyl halides is 1. The van der Waals surface area contributed by atoms with Crippen LogP contribution in [0.3, 0.4) is 0 Å². The molecule has 0 aromatic heterocycles. The number of hydrogen-bond donors (Lipinski definition) is 0. The van der Waals surface area contributed by atoms with Crippen molar-refractivity contribution in [2.75, 3.05) is 5.33 Å². The van der Waals surface area contributed by atoms with Crippen molar-refractivity contribution < 1.29 is 0 Å². The molecule has 1 unspecified atom stereocenters. The topological polar surface area (TPSA) is 0 Å².